The number of anilines is 1. The van der Waals surface area contributed by atoms with Crippen LogP contribution in [0, 0.1) is 6.92 Å². The SMILES string of the molecule is COc1ccc2c(c1)/C(=C/c1[nH]c(C(=O)NCCCN3CCCC3)c(C)c1C(=O)c1ccccc1)C(=O)N2. The summed E-state index contributed by atoms with van der Waals surface area (Å²) >= 11 is 0. The summed E-state index contributed by atoms with van der Waals surface area (Å²) in [6.45, 7) is 5.50. The van der Waals surface area contributed by atoms with E-state index in [1.54, 1.807) is 62.6 Å². The van der Waals surface area contributed by atoms with Gasteiger partial charge in [0.2, 0.25) is 0 Å². The molecule has 3 heterocycles. The van der Waals surface area contributed by atoms with Gasteiger partial charge in [-0.25, -0.2) is 0 Å². The van der Waals surface area contributed by atoms with E-state index >= 15 is 0 Å². The molecular weight excluding hydrogens is 480 g/mol. The smallest absolute Gasteiger partial charge is 0.268 e. The monoisotopic (exact) mass is 512 g/mol. The first-order valence-electron chi connectivity index (χ1n) is 13.0. The summed E-state index contributed by atoms with van der Waals surface area (Å²) in [4.78, 5) is 45.3. The Labute approximate surface area is 222 Å². The van der Waals surface area contributed by atoms with Gasteiger partial charge < -0.3 is 25.3 Å². The summed E-state index contributed by atoms with van der Waals surface area (Å²) in [5.41, 5.74) is 3.89. The Morgan fingerprint density at radius 1 is 1.11 bits per heavy atom. The number of nitrogens with zero attached hydrogens (tertiary/aromatic N) is 1. The Bertz CT molecular complexity index is 1400. The molecule has 1 fully saturated rings. The van der Waals surface area contributed by atoms with E-state index in [1.165, 1.54) is 12.8 Å². The first kappa shape index (κ1) is 25.5. The predicted octanol–water partition coefficient (Wildman–Crippen LogP) is 4.27. The second kappa shape index (κ2) is 11.1. The summed E-state index contributed by atoms with van der Waals surface area (Å²) in [6.07, 6.45) is 4.98. The lowest BCUT2D eigenvalue weighted by molar-refractivity contribution is -0.110. The molecule has 1 saturated heterocycles. The number of likely N-dealkylation sites (tertiary alicyclic amines) is 1. The highest BCUT2D eigenvalue weighted by atomic mass is 16.5. The number of hydrogen-bond acceptors (Lipinski definition) is 5. The lowest BCUT2D eigenvalue weighted by Gasteiger charge is -2.14. The summed E-state index contributed by atoms with van der Waals surface area (Å²) in [5, 5.41) is 5.85. The standard InChI is InChI=1S/C30H32N4O4/c1-19-26(28(35)20-9-4-3-5-10-20)25(18-23-22-17-21(38-2)11-12-24(22)33-29(23)36)32-27(19)30(37)31-13-8-16-34-14-6-7-15-34/h3-5,9-12,17-18,32H,6-8,13-16H2,1-2H3,(H,31,37)(H,33,36)/b23-18-. The van der Waals surface area contributed by atoms with E-state index in [0.717, 1.165) is 26.1 Å². The number of aromatic amines is 1. The molecule has 2 aliphatic heterocycles. The van der Waals surface area contributed by atoms with Gasteiger partial charge in [-0.3, -0.25) is 14.4 Å². The Balaban J connectivity index is 1.48. The molecule has 3 N–H and O–H groups in total. The topological polar surface area (TPSA) is 104 Å². The van der Waals surface area contributed by atoms with Crippen LogP contribution in [0.25, 0.3) is 11.6 Å². The zero-order chi connectivity index (χ0) is 26.6. The third-order valence-corrected chi connectivity index (χ3v) is 7.20. The summed E-state index contributed by atoms with van der Waals surface area (Å²) < 4.78 is 5.34. The number of ether oxygens (including phenoxy) is 1. The van der Waals surface area contributed by atoms with Crippen LogP contribution in [0.1, 0.15) is 62.5 Å². The Hall–Kier alpha value is -4.17. The van der Waals surface area contributed by atoms with Crippen LogP contribution in [0.2, 0.25) is 0 Å². The van der Waals surface area contributed by atoms with Crippen LogP contribution in [-0.2, 0) is 4.79 Å². The van der Waals surface area contributed by atoms with Crippen molar-refractivity contribution < 1.29 is 19.1 Å². The van der Waals surface area contributed by atoms with Gasteiger partial charge in [0.05, 0.1) is 23.9 Å². The number of nitrogens with one attached hydrogen (secondary N) is 3. The predicted molar refractivity (Wildman–Crippen MR) is 148 cm³/mol. The first-order chi connectivity index (χ1) is 18.5. The number of H-pyrrole nitrogens is 1. The van der Waals surface area contributed by atoms with E-state index in [4.69, 9.17) is 4.74 Å². The van der Waals surface area contributed by atoms with Crippen LogP contribution in [0.15, 0.2) is 48.5 Å². The van der Waals surface area contributed by atoms with E-state index in [1.807, 2.05) is 6.07 Å². The quantitative estimate of drug-likeness (QED) is 0.226. The number of carbonyl (C=O) groups is 3. The molecule has 2 amide bonds. The molecule has 8 nitrogen and oxygen atoms in total. The molecule has 2 aliphatic rings. The third kappa shape index (κ3) is 5.13. The van der Waals surface area contributed by atoms with Crippen molar-refractivity contribution in [3.05, 3.63) is 82.2 Å². The third-order valence-electron chi connectivity index (χ3n) is 7.20. The van der Waals surface area contributed by atoms with E-state index in [-0.39, 0.29) is 17.6 Å². The second-order valence-electron chi connectivity index (χ2n) is 9.69. The number of ketones is 1. The Kier molecular flexibility index (Phi) is 7.42. The minimum Gasteiger partial charge on any atom is -0.497 e. The maximum Gasteiger partial charge on any atom is 0.268 e. The van der Waals surface area contributed by atoms with Gasteiger partial charge in [-0.05, 0) is 75.7 Å². The molecule has 38 heavy (non-hydrogen) atoms. The maximum absolute atomic E-state index is 13.6. The van der Waals surface area contributed by atoms with Gasteiger partial charge in [0, 0.05) is 23.4 Å². The molecular formula is C30H32N4O4. The van der Waals surface area contributed by atoms with Crippen molar-refractivity contribution in [3.63, 3.8) is 0 Å². The number of rotatable bonds is 9. The fourth-order valence-electron chi connectivity index (χ4n) is 5.16. The van der Waals surface area contributed by atoms with Crippen molar-refractivity contribution in [1.82, 2.24) is 15.2 Å². The van der Waals surface area contributed by atoms with Gasteiger partial charge in [0.15, 0.2) is 5.78 Å². The van der Waals surface area contributed by atoms with Gasteiger partial charge in [-0.2, -0.15) is 0 Å². The molecule has 0 atom stereocenters. The van der Waals surface area contributed by atoms with Crippen molar-refractivity contribution in [1.29, 1.82) is 0 Å². The molecule has 0 spiro atoms. The molecule has 2 aromatic carbocycles. The van der Waals surface area contributed by atoms with Crippen molar-refractivity contribution in [2.75, 3.05) is 38.6 Å². The molecule has 0 aliphatic carbocycles. The number of methoxy groups -OCH3 is 1. The molecule has 1 aromatic heterocycles. The van der Waals surface area contributed by atoms with Crippen molar-refractivity contribution in [2.45, 2.75) is 26.2 Å². The summed E-state index contributed by atoms with van der Waals surface area (Å²) in [5.74, 6) is -0.160. The summed E-state index contributed by atoms with van der Waals surface area (Å²) in [7, 11) is 1.57. The fourth-order valence-corrected chi connectivity index (χ4v) is 5.16. The van der Waals surface area contributed by atoms with E-state index in [2.05, 4.69) is 20.5 Å². The molecule has 0 radical (unpaired) electrons. The number of amides is 2. The number of benzene rings is 2. The van der Waals surface area contributed by atoms with E-state index in [0.29, 0.717) is 57.2 Å². The molecule has 196 valence electrons. The van der Waals surface area contributed by atoms with Crippen molar-refractivity contribution in [3.8, 4) is 5.75 Å². The van der Waals surface area contributed by atoms with Crippen LogP contribution >= 0.6 is 0 Å². The lowest BCUT2D eigenvalue weighted by atomic mass is 9.97. The lowest BCUT2D eigenvalue weighted by Crippen LogP contribution is -2.29. The van der Waals surface area contributed by atoms with Crippen LogP contribution in [0.4, 0.5) is 5.69 Å². The largest absolute Gasteiger partial charge is 0.497 e. The number of carbonyl (C=O) groups excluding carboxylic acids is 3. The van der Waals surface area contributed by atoms with Crippen LogP contribution in [-0.4, -0.2) is 60.8 Å². The minimum atomic E-state index is -0.286. The molecule has 0 saturated carbocycles. The highest BCUT2D eigenvalue weighted by Gasteiger charge is 2.28. The second-order valence-corrected chi connectivity index (χ2v) is 9.69. The van der Waals surface area contributed by atoms with Crippen LogP contribution < -0.4 is 15.4 Å². The Morgan fingerprint density at radius 3 is 2.61 bits per heavy atom. The van der Waals surface area contributed by atoms with Gasteiger partial charge in [-0.1, -0.05) is 30.3 Å². The van der Waals surface area contributed by atoms with Crippen LogP contribution in [0.3, 0.4) is 0 Å². The van der Waals surface area contributed by atoms with Gasteiger partial charge in [0.25, 0.3) is 11.8 Å². The highest BCUT2D eigenvalue weighted by Crippen LogP contribution is 2.36. The normalized spacial score (nSPS) is 15.9. The number of hydrogen-bond donors (Lipinski definition) is 3. The van der Waals surface area contributed by atoms with Crippen LogP contribution in [0.5, 0.6) is 5.75 Å². The molecule has 5 rings (SSSR count). The Morgan fingerprint density at radius 2 is 1.87 bits per heavy atom. The van der Waals surface area contributed by atoms with Crippen molar-refractivity contribution in [2.24, 2.45) is 0 Å². The summed E-state index contributed by atoms with van der Waals surface area (Å²) in [6, 6.07) is 14.3. The van der Waals surface area contributed by atoms with E-state index in [9.17, 15) is 14.4 Å². The highest BCUT2D eigenvalue weighted by molar-refractivity contribution is 6.35. The number of aromatic nitrogens is 1. The average molecular weight is 513 g/mol. The molecule has 0 unspecified atom stereocenters. The van der Waals surface area contributed by atoms with Gasteiger partial charge in [0.1, 0.15) is 11.4 Å². The van der Waals surface area contributed by atoms with Gasteiger partial charge in [-0.15, -0.1) is 0 Å². The van der Waals surface area contributed by atoms with Crippen molar-refractivity contribution >= 4 is 34.9 Å². The van der Waals surface area contributed by atoms with E-state index < -0.39 is 0 Å². The maximum atomic E-state index is 13.6. The molecule has 8 heteroatoms. The fraction of sp³-hybridized carbons (Fsp3) is 0.300. The first-order valence-corrected chi connectivity index (χ1v) is 13.0. The number of fused-ring (bicyclic) bond motifs is 1. The average Bonchev–Trinajstić information content (AvgIpc) is 3.65. The zero-order valence-electron chi connectivity index (χ0n) is 21.7. The molecule has 3 aromatic rings. The zero-order valence-corrected chi connectivity index (χ0v) is 21.7. The molecule has 0 bridgehead atoms. The minimum absolute atomic E-state index is 0.219. The van der Waals surface area contributed by atoms with Gasteiger partial charge >= 0.3 is 0 Å².